The maximum Gasteiger partial charge on any atom is 0.227 e. The Labute approximate surface area is 175 Å². The number of carbonyl (C=O) groups excluding carboxylic acids is 2. The van der Waals surface area contributed by atoms with E-state index in [9.17, 15) is 9.59 Å². The van der Waals surface area contributed by atoms with E-state index in [0.29, 0.717) is 31.5 Å². The number of nitrogens with zero attached hydrogens (tertiary/aromatic N) is 3. The van der Waals surface area contributed by atoms with Crippen molar-refractivity contribution in [2.75, 3.05) is 50.5 Å². The molecule has 2 aliphatic heterocycles. The van der Waals surface area contributed by atoms with E-state index in [1.807, 2.05) is 17.0 Å². The second-order valence-corrected chi connectivity index (χ2v) is 9.14. The molecule has 6 heteroatoms. The SMILES string of the molecule is CC(C)CC(=O)N1CCC(C(=O)Nc2ccc(N3CCC(N(C)C)C3)cc2)CC1. The van der Waals surface area contributed by atoms with Gasteiger partial charge in [0.2, 0.25) is 11.8 Å². The van der Waals surface area contributed by atoms with Crippen LogP contribution >= 0.6 is 0 Å². The van der Waals surface area contributed by atoms with Gasteiger partial charge in [0.25, 0.3) is 0 Å². The van der Waals surface area contributed by atoms with Gasteiger partial charge in [0.15, 0.2) is 0 Å². The average molecular weight is 401 g/mol. The van der Waals surface area contributed by atoms with Gasteiger partial charge >= 0.3 is 0 Å². The molecule has 0 spiro atoms. The smallest absolute Gasteiger partial charge is 0.227 e. The first kappa shape index (κ1) is 21.6. The van der Waals surface area contributed by atoms with Crippen molar-refractivity contribution in [1.82, 2.24) is 9.80 Å². The highest BCUT2D eigenvalue weighted by Gasteiger charge is 2.28. The quantitative estimate of drug-likeness (QED) is 0.797. The van der Waals surface area contributed by atoms with Crippen LogP contribution in [-0.2, 0) is 9.59 Å². The maximum absolute atomic E-state index is 12.7. The van der Waals surface area contributed by atoms with Crippen LogP contribution in [0.3, 0.4) is 0 Å². The van der Waals surface area contributed by atoms with Gasteiger partial charge in [-0.25, -0.2) is 0 Å². The summed E-state index contributed by atoms with van der Waals surface area (Å²) >= 11 is 0. The number of likely N-dealkylation sites (tertiary alicyclic amines) is 1. The Morgan fingerprint density at radius 1 is 1.07 bits per heavy atom. The molecule has 3 rings (SSSR count). The van der Waals surface area contributed by atoms with Crippen LogP contribution in [0.1, 0.15) is 39.5 Å². The highest BCUT2D eigenvalue weighted by molar-refractivity contribution is 5.93. The monoisotopic (exact) mass is 400 g/mol. The lowest BCUT2D eigenvalue weighted by molar-refractivity contribution is -0.135. The first-order chi connectivity index (χ1) is 13.8. The van der Waals surface area contributed by atoms with Gasteiger partial charge in [-0.15, -0.1) is 0 Å². The predicted octanol–water partition coefficient (Wildman–Crippen LogP) is 3.05. The van der Waals surface area contributed by atoms with Gasteiger partial charge in [-0.05, 0) is 63.5 Å². The summed E-state index contributed by atoms with van der Waals surface area (Å²) in [4.78, 5) is 31.4. The molecule has 1 N–H and O–H groups in total. The number of hydrogen-bond acceptors (Lipinski definition) is 4. The molecule has 1 atom stereocenters. The largest absolute Gasteiger partial charge is 0.370 e. The number of hydrogen-bond donors (Lipinski definition) is 1. The van der Waals surface area contributed by atoms with Crippen molar-refractivity contribution in [3.8, 4) is 0 Å². The highest BCUT2D eigenvalue weighted by Crippen LogP contribution is 2.25. The summed E-state index contributed by atoms with van der Waals surface area (Å²) in [6.07, 6.45) is 3.26. The van der Waals surface area contributed by atoms with Crippen LogP contribution in [0.4, 0.5) is 11.4 Å². The van der Waals surface area contributed by atoms with Gasteiger partial charge in [0.05, 0.1) is 0 Å². The predicted molar refractivity (Wildman–Crippen MR) is 118 cm³/mol. The molecule has 29 heavy (non-hydrogen) atoms. The molecule has 0 bridgehead atoms. The zero-order chi connectivity index (χ0) is 21.0. The highest BCUT2D eigenvalue weighted by atomic mass is 16.2. The van der Waals surface area contributed by atoms with Crippen molar-refractivity contribution in [1.29, 1.82) is 0 Å². The van der Waals surface area contributed by atoms with E-state index in [1.165, 1.54) is 12.1 Å². The van der Waals surface area contributed by atoms with Gasteiger partial charge in [0, 0.05) is 55.9 Å². The molecule has 2 amide bonds. The van der Waals surface area contributed by atoms with Crippen molar-refractivity contribution in [3.63, 3.8) is 0 Å². The lowest BCUT2D eigenvalue weighted by Gasteiger charge is -2.31. The van der Waals surface area contributed by atoms with Crippen molar-refractivity contribution in [2.45, 2.75) is 45.6 Å². The van der Waals surface area contributed by atoms with E-state index in [0.717, 1.165) is 31.6 Å². The number of nitrogens with one attached hydrogen (secondary N) is 1. The Hall–Kier alpha value is -2.08. The van der Waals surface area contributed by atoms with Crippen molar-refractivity contribution < 1.29 is 9.59 Å². The van der Waals surface area contributed by atoms with E-state index in [-0.39, 0.29) is 17.7 Å². The number of rotatable bonds is 6. The Kier molecular flexibility index (Phi) is 7.17. The summed E-state index contributed by atoms with van der Waals surface area (Å²) in [6.45, 7) is 7.62. The minimum absolute atomic E-state index is 0.0165. The van der Waals surface area contributed by atoms with Gasteiger partial charge in [0.1, 0.15) is 0 Å². The molecule has 2 aliphatic rings. The standard InChI is InChI=1S/C23H36N4O2/c1-17(2)15-22(28)26-12-9-18(10-13-26)23(29)24-19-5-7-20(8-6-19)27-14-11-21(16-27)25(3)4/h5-8,17-18,21H,9-16H2,1-4H3,(H,24,29). The Bertz CT molecular complexity index is 693. The molecule has 0 saturated carbocycles. The Morgan fingerprint density at radius 3 is 2.28 bits per heavy atom. The third-order valence-electron chi connectivity index (χ3n) is 6.19. The van der Waals surface area contributed by atoms with Gasteiger partial charge in [-0.3, -0.25) is 9.59 Å². The van der Waals surface area contributed by atoms with Crippen molar-refractivity contribution in [3.05, 3.63) is 24.3 Å². The molecule has 2 fully saturated rings. The Morgan fingerprint density at radius 2 is 1.72 bits per heavy atom. The van der Waals surface area contributed by atoms with Crippen molar-refractivity contribution in [2.24, 2.45) is 11.8 Å². The normalized spacial score (nSPS) is 20.6. The molecule has 1 aromatic carbocycles. The summed E-state index contributed by atoms with van der Waals surface area (Å²) in [5.74, 6) is 0.647. The first-order valence-corrected chi connectivity index (χ1v) is 10.9. The summed E-state index contributed by atoms with van der Waals surface area (Å²) in [7, 11) is 4.27. The molecule has 0 aliphatic carbocycles. The molecule has 1 unspecified atom stereocenters. The van der Waals surface area contributed by atoms with Crippen LogP contribution in [0.15, 0.2) is 24.3 Å². The van der Waals surface area contributed by atoms with Crippen LogP contribution in [0.5, 0.6) is 0 Å². The van der Waals surface area contributed by atoms with Crippen molar-refractivity contribution >= 4 is 23.2 Å². The lowest BCUT2D eigenvalue weighted by atomic mass is 9.95. The second kappa shape index (κ2) is 9.61. The average Bonchev–Trinajstić information content (AvgIpc) is 3.19. The molecule has 160 valence electrons. The van der Waals surface area contributed by atoms with E-state index < -0.39 is 0 Å². The third kappa shape index (κ3) is 5.72. The zero-order valence-corrected chi connectivity index (χ0v) is 18.4. The van der Waals surface area contributed by atoms with E-state index in [4.69, 9.17) is 0 Å². The number of carbonyl (C=O) groups is 2. The van der Waals surface area contributed by atoms with Crippen LogP contribution in [0, 0.1) is 11.8 Å². The molecule has 2 saturated heterocycles. The number of amides is 2. The maximum atomic E-state index is 12.7. The molecule has 6 nitrogen and oxygen atoms in total. The number of benzene rings is 1. The van der Waals surface area contributed by atoms with E-state index in [1.54, 1.807) is 0 Å². The van der Waals surface area contributed by atoms with E-state index >= 15 is 0 Å². The minimum atomic E-state index is -0.0165. The zero-order valence-electron chi connectivity index (χ0n) is 18.4. The van der Waals surface area contributed by atoms with Crippen LogP contribution in [0.25, 0.3) is 0 Å². The number of likely N-dealkylation sites (N-methyl/N-ethyl adjacent to an activating group) is 1. The third-order valence-corrected chi connectivity index (χ3v) is 6.19. The molecule has 0 aromatic heterocycles. The summed E-state index contributed by atoms with van der Waals surface area (Å²) < 4.78 is 0. The van der Waals surface area contributed by atoms with Crippen LogP contribution in [0.2, 0.25) is 0 Å². The topological polar surface area (TPSA) is 55.9 Å². The fraction of sp³-hybridized carbons (Fsp3) is 0.652. The molecule has 2 heterocycles. The summed E-state index contributed by atoms with van der Waals surface area (Å²) in [5.41, 5.74) is 2.06. The van der Waals surface area contributed by atoms with Gasteiger partial charge in [-0.1, -0.05) is 13.8 Å². The van der Waals surface area contributed by atoms with Gasteiger partial charge < -0.3 is 20.0 Å². The molecular formula is C23H36N4O2. The minimum Gasteiger partial charge on any atom is -0.370 e. The summed E-state index contributed by atoms with van der Waals surface area (Å²) in [5, 5.41) is 3.06. The number of anilines is 2. The van der Waals surface area contributed by atoms with Crippen LogP contribution in [-0.4, -0.2) is 67.9 Å². The van der Waals surface area contributed by atoms with Gasteiger partial charge in [-0.2, -0.15) is 0 Å². The van der Waals surface area contributed by atoms with Crippen LogP contribution < -0.4 is 10.2 Å². The molecule has 1 aromatic rings. The first-order valence-electron chi connectivity index (χ1n) is 10.9. The fourth-order valence-corrected chi connectivity index (χ4v) is 4.27. The van der Waals surface area contributed by atoms with E-state index in [2.05, 4.69) is 55.2 Å². The summed E-state index contributed by atoms with van der Waals surface area (Å²) in [6, 6.07) is 8.80. The Balaban J connectivity index is 1.47. The molecule has 0 radical (unpaired) electrons. The second-order valence-electron chi connectivity index (χ2n) is 9.14. The molecular weight excluding hydrogens is 364 g/mol. The number of piperidine rings is 1. The fourth-order valence-electron chi connectivity index (χ4n) is 4.27. The lowest BCUT2D eigenvalue weighted by Crippen LogP contribution is -2.41.